The zero-order valence-electron chi connectivity index (χ0n) is 14.3. The summed E-state index contributed by atoms with van der Waals surface area (Å²) in [5.41, 5.74) is 11.5. The Morgan fingerprint density at radius 2 is 1.26 bits per heavy atom. The van der Waals surface area contributed by atoms with Crippen LogP contribution in [0.4, 0.5) is 10.5 Å². The van der Waals surface area contributed by atoms with Crippen molar-refractivity contribution in [3.05, 3.63) is 65.2 Å². The quantitative estimate of drug-likeness (QED) is 0.449. The maximum atomic E-state index is 12.1. The van der Waals surface area contributed by atoms with Gasteiger partial charge in [-0.1, -0.05) is 12.1 Å². The molecule has 5 amide bonds. The van der Waals surface area contributed by atoms with Crippen molar-refractivity contribution in [3.8, 4) is 0 Å². The third-order valence-electron chi connectivity index (χ3n) is 3.50. The zero-order chi connectivity index (χ0) is 19.8. The van der Waals surface area contributed by atoms with E-state index in [9.17, 15) is 19.2 Å². The molecule has 0 bridgehead atoms. The molecule has 0 saturated carbocycles. The zero-order valence-corrected chi connectivity index (χ0v) is 14.3. The lowest BCUT2D eigenvalue weighted by molar-refractivity contribution is 0.0927. The fourth-order valence-electron chi connectivity index (χ4n) is 2.25. The lowest BCUT2D eigenvalue weighted by Crippen LogP contribution is -2.34. The van der Waals surface area contributed by atoms with Gasteiger partial charge >= 0.3 is 6.03 Å². The highest BCUT2D eigenvalue weighted by Gasteiger charge is 2.09. The minimum absolute atomic E-state index is 0.185. The van der Waals surface area contributed by atoms with Crippen molar-refractivity contribution < 1.29 is 19.2 Å². The van der Waals surface area contributed by atoms with Gasteiger partial charge in [-0.25, -0.2) is 4.79 Å². The highest BCUT2D eigenvalue weighted by molar-refractivity contribution is 5.99. The van der Waals surface area contributed by atoms with Crippen LogP contribution in [0, 0.1) is 0 Å². The summed E-state index contributed by atoms with van der Waals surface area (Å²) in [6.07, 6.45) is 0. The Bertz CT molecular complexity index is 882. The molecule has 7 N–H and O–H groups in total. The van der Waals surface area contributed by atoms with Crippen LogP contribution >= 0.6 is 0 Å². The van der Waals surface area contributed by atoms with E-state index in [0.717, 1.165) is 0 Å². The summed E-state index contributed by atoms with van der Waals surface area (Å²) >= 11 is 0. The standard InChI is InChI=1S/C18H19N5O4/c19-15(24)11-3-1-4-12(9-11)16(25)21-7-8-22-17(26)13-5-2-6-14(10-13)23-18(20)27/h1-6,9-10H,7-8H2,(H2,19,24)(H,21,25)(H,22,26)(H3,20,23,27). The number of rotatable bonds is 7. The molecule has 0 aliphatic rings. The second-order valence-corrected chi connectivity index (χ2v) is 5.53. The molecule has 0 saturated heterocycles. The van der Waals surface area contributed by atoms with E-state index in [-0.39, 0.29) is 30.5 Å². The fraction of sp³-hybridized carbons (Fsp3) is 0.111. The van der Waals surface area contributed by atoms with Crippen LogP contribution in [0.1, 0.15) is 31.1 Å². The average molecular weight is 369 g/mol. The Labute approximate surface area is 155 Å². The number of carbonyl (C=O) groups is 4. The average Bonchev–Trinajstić information content (AvgIpc) is 2.64. The predicted molar refractivity (Wildman–Crippen MR) is 99.3 cm³/mol. The fourth-order valence-corrected chi connectivity index (χ4v) is 2.25. The molecule has 0 atom stereocenters. The molecule has 9 heteroatoms. The van der Waals surface area contributed by atoms with Crippen LogP contribution in [0.2, 0.25) is 0 Å². The minimum atomic E-state index is -0.726. The van der Waals surface area contributed by atoms with E-state index in [2.05, 4.69) is 16.0 Å². The Kier molecular flexibility index (Phi) is 6.48. The molecule has 2 aromatic rings. The second kappa shape index (κ2) is 8.99. The molecule has 0 aromatic heterocycles. The molecular weight excluding hydrogens is 350 g/mol. The van der Waals surface area contributed by atoms with Gasteiger partial charge in [0.2, 0.25) is 5.91 Å². The molecule has 0 radical (unpaired) electrons. The first-order chi connectivity index (χ1) is 12.9. The van der Waals surface area contributed by atoms with Crippen LogP contribution < -0.4 is 27.4 Å². The maximum Gasteiger partial charge on any atom is 0.316 e. The predicted octanol–water partition coefficient (Wildman–Crippen LogP) is 0.436. The van der Waals surface area contributed by atoms with E-state index in [1.807, 2.05) is 0 Å². The molecule has 0 fully saturated rings. The van der Waals surface area contributed by atoms with Crippen LogP contribution in [-0.2, 0) is 0 Å². The number of urea groups is 1. The topological polar surface area (TPSA) is 156 Å². The summed E-state index contributed by atoms with van der Waals surface area (Å²) in [6, 6.07) is 11.6. The van der Waals surface area contributed by atoms with Gasteiger partial charge in [-0.2, -0.15) is 0 Å². The van der Waals surface area contributed by atoms with Crippen molar-refractivity contribution in [1.29, 1.82) is 0 Å². The van der Waals surface area contributed by atoms with Gasteiger partial charge in [-0.3, -0.25) is 14.4 Å². The van der Waals surface area contributed by atoms with Gasteiger partial charge in [0.25, 0.3) is 11.8 Å². The van der Waals surface area contributed by atoms with E-state index in [0.29, 0.717) is 16.8 Å². The Balaban J connectivity index is 1.83. The van der Waals surface area contributed by atoms with Crippen molar-refractivity contribution in [2.24, 2.45) is 11.5 Å². The van der Waals surface area contributed by atoms with Gasteiger partial charge in [0.15, 0.2) is 0 Å². The van der Waals surface area contributed by atoms with Crippen molar-refractivity contribution in [2.75, 3.05) is 18.4 Å². The number of primary amides is 2. The first kappa shape index (κ1) is 19.4. The van der Waals surface area contributed by atoms with E-state index in [1.165, 1.54) is 18.2 Å². The molecule has 140 valence electrons. The van der Waals surface area contributed by atoms with Gasteiger partial charge in [-0.15, -0.1) is 0 Å². The maximum absolute atomic E-state index is 12.1. The molecule has 0 spiro atoms. The Morgan fingerprint density at radius 1 is 0.741 bits per heavy atom. The number of carbonyl (C=O) groups excluding carboxylic acids is 4. The van der Waals surface area contributed by atoms with Crippen LogP contribution in [0.3, 0.4) is 0 Å². The van der Waals surface area contributed by atoms with E-state index in [1.54, 1.807) is 30.3 Å². The van der Waals surface area contributed by atoms with Gasteiger partial charge in [0, 0.05) is 35.5 Å². The molecular formula is C18H19N5O4. The second-order valence-electron chi connectivity index (χ2n) is 5.53. The lowest BCUT2D eigenvalue weighted by atomic mass is 10.1. The number of hydrogen-bond donors (Lipinski definition) is 5. The highest BCUT2D eigenvalue weighted by atomic mass is 16.2. The van der Waals surface area contributed by atoms with Crippen LogP contribution in [0.25, 0.3) is 0 Å². The molecule has 27 heavy (non-hydrogen) atoms. The summed E-state index contributed by atoms with van der Waals surface area (Å²) < 4.78 is 0. The molecule has 0 heterocycles. The number of nitrogens with two attached hydrogens (primary N) is 2. The smallest absolute Gasteiger partial charge is 0.316 e. The molecule has 9 nitrogen and oxygen atoms in total. The van der Waals surface area contributed by atoms with Gasteiger partial charge in [0.05, 0.1) is 0 Å². The van der Waals surface area contributed by atoms with Crippen molar-refractivity contribution in [2.45, 2.75) is 0 Å². The summed E-state index contributed by atoms with van der Waals surface area (Å²) in [5, 5.41) is 7.66. The monoisotopic (exact) mass is 369 g/mol. The van der Waals surface area contributed by atoms with Crippen LogP contribution in [-0.4, -0.2) is 36.8 Å². The van der Waals surface area contributed by atoms with Gasteiger partial charge in [-0.05, 0) is 36.4 Å². The van der Waals surface area contributed by atoms with Crippen molar-refractivity contribution in [3.63, 3.8) is 0 Å². The van der Waals surface area contributed by atoms with Crippen molar-refractivity contribution in [1.82, 2.24) is 10.6 Å². The number of anilines is 1. The van der Waals surface area contributed by atoms with Gasteiger partial charge in [0.1, 0.15) is 0 Å². The van der Waals surface area contributed by atoms with Crippen molar-refractivity contribution >= 4 is 29.4 Å². The summed E-state index contributed by atoms with van der Waals surface area (Å²) in [5.74, 6) is -1.38. The lowest BCUT2D eigenvalue weighted by Gasteiger charge is -2.09. The number of hydrogen-bond acceptors (Lipinski definition) is 4. The van der Waals surface area contributed by atoms with E-state index in [4.69, 9.17) is 11.5 Å². The van der Waals surface area contributed by atoms with Crippen LogP contribution in [0.5, 0.6) is 0 Å². The molecule has 0 unspecified atom stereocenters. The van der Waals surface area contributed by atoms with E-state index < -0.39 is 11.9 Å². The summed E-state index contributed by atoms with van der Waals surface area (Å²) in [7, 11) is 0. The number of amides is 5. The normalized spacial score (nSPS) is 9.93. The first-order valence-electron chi connectivity index (χ1n) is 7.99. The molecule has 0 aliphatic carbocycles. The summed E-state index contributed by atoms with van der Waals surface area (Å²) in [4.78, 5) is 46.1. The number of nitrogens with one attached hydrogen (secondary N) is 3. The molecule has 2 rings (SSSR count). The molecule has 0 aliphatic heterocycles. The van der Waals surface area contributed by atoms with Crippen LogP contribution in [0.15, 0.2) is 48.5 Å². The Hall–Kier alpha value is -3.88. The van der Waals surface area contributed by atoms with Gasteiger partial charge < -0.3 is 27.4 Å². The largest absolute Gasteiger partial charge is 0.366 e. The minimum Gasteiger partial charge on any atom is -0.366 e. The molecule has 2 aromatic carbocycles. The Morgan fingerprint density at radius 3 is 1.81 bits per heavy atom. The first-order valence-corrected chi connectivity index (χ1v) is 7.99. The third-order valence-corrected chi connectivity index (χ3v) is 3.50. The van der Waals surface area contributed by atoms with E-state index >= 15 is 0 Å². The third kappa shape index (κ3) is 5.85. The highest BCUT2D eigenvalue weighted by Crippen LogP contribution is 2.10. The number of benzene rings is 2. The summed E-state index contributed by atoms with van der Waals surface area (Å²) in [6.45, 7) is 0.373. The SMILES string of the molecule is NC(=O)Nc1cccc(C(=O)NCCNC(=O)c2cccc(C(N)=O)c2)c1.